The van der Waals surface area contributed by atoms with Crippen LogP contribution in [0.15, 0.2) is 30.6 Å². The zero-order valence-electron chi connectivity index (χ0n) is 14.4. The molecule has 0 saturated carbocycles. The molecule has 4 heterocycles. The Hall–Kier alpha value is -1.76. The van der Waals surface area contributed by atoms with Crippen LogP contribution >= 0.6 is 0 Å². The average molecular weight is 326 g/mol. The van der Waals surface area contributed by atoms with Gasteiger partial charge in [-0.25, -0.2) is 4.98 Å². The monoisotopic (exact) mass is 326 g/mol. The smallest absolute Gasteiger partial charge is 0.123 e. The quantitative estimate of drug-likeness (QED) is 0.840. The Morgan fingerprint density at radius 1 is 0.917 bits per heavy atom. The van der Waals surface area contributed by atoms with Crippen molar-refractivity contribution >= 4 is 0 Å². The van der Waals surface area contributed by atoms with Gasteiger partial charge in [0, 0.05) is 64.8 Å². The zero-order valence-corrected chi connectivity index (χ0v) is 14.4. The van der Waals surface area contributed by atoms with Gasteiger partial charge in [0.1, 0.15) is 5.82 Å². The van der Waals surface area contributed by atoms with E-state index in [1.807, 2.05) is 12.3 Å². The molecule has 1 saturated heterocycles. The summed E-state index contributed by atoms with van der Waals surface area (Å²) in [7, 11) is 2.20. The third-order valence-corrected chi connectivity index (χ3v) is 5.12. The molecular formula is C18H26N6. The van der Waals surface area contributed by atoms with Crippen molar-refractivity contribution < 1.29 is 0 Å². The van der Waals surface area contributed by atoms with E-state index in [1.165, 1.54) is 24.6 Å². The van der Waals surface area contributed by atoms with E-state index in [1.54, 1.807) is 0 Å². The van der Waals surface area contributed by atoms with E-state index >= 15 is 0 Å². The lowest BCUT2D eigenvalue weighted by Gasteiger charge is -2.33. The molecule has 0 radical (unpaired) electrons. The molecule has 0 aliphatic carbocycles. The molecular weight excluding hydrogens is 300 g/mol. The molecule has 0 amide bonds. The fraction of sp³-hybridized carbons (Fsp3) is 0.556. The third kappa shape index (κ3) is 3.50. The first-order chi connectivity index (χ1) is 11.8. The maximum Gasteiger partial charge on any atom is 0.123 e. The Kier molecular flexibility index (Phi) is 4.60. The first-order valence-electron chi connectivity index (χ1n) is 8.84. The summed E-state index contributed by atoms with van der Waals surface area (Å²) in [4.78, 5) is 16.5. The number of pyridine rings is 1. The number of likely N-dealkylation sites (N-methyl/N-ethyl adjacent to an activating group) is 1. The summed E-state index contributed by atoms with van der Waals surface area (Å²) in [5.41, 5.74) is 2.50. The molecule has 2 aliphatic rings. The van der Waals surface area contributed by atoms with Crippen LogP contribution in [0.4, 0.5) is 0 Å². The molecule has 1 fully saturated rings. The van der Waals surface area contributed by atoms with Crippen LogP contribution in [0.2, 0.25) is 0 Å². The Balaban J connectivity index is 1.38. The maximum atomic E-state index is 4.69. The normalized spacial score (nSPS) is 20.2. The van der Waals surface area contributed by atoms with Crippen LogP contribution in [0.5, 0.6) is 0 Å². The van der Waals surface area contributed by atoms with Crippen LogP contribution in [0.25, 0.3) is 0 Å². The molecule has 2 aromatic rings. The van der Waals surface area contributed by atoms with Gasteiger partial charge in [-0.05, 0) is 19.2 Å². The van der Waals surface area contributed by atoms with Crippen molar-refractivity contribution in [1.82, 2.24) is 29.2 Å². The second kappa shape index (κ2) is 7.01. The molecule has 0 N–H and O–H groups in total. The molecule has 0 atom stereocenters. The van der Waals surface area contributed by atoms with Gasteiger partial charge in [0.15, 0.2) is 0 Å². The Morgan fingerprint density at radius 2 is 1.75 bits per heavy atom. The third-order valence-electron chi connectivity index (χ3n) is 5.12. The molecule has 128 valence electrons. The molecule has 6 heteroatoms. The van der Waals surface area contributed by atoms with Crippen LogP contribution in [-0.2, 0) is 26.2 Å². The fourth-order valence-corrected chi connectivity index (χ4v) is 3.59. The van der Waals surface area contributed by atoms with Crippen LogP contribution in [0.1, 0.15) is 17.2 Å². The Labute approximate surface area is 143 Å². The van der Waals surface area contributed by atoms with Crippen molar-refractivity contribution in [3.05, 3.63) is 47.8 Å². The SMILES string of the molecule is CN1CCN(Cc2cnc3n2CCN(Cc2ccccn2)C3)CC1. The number of aromatic nitrogens is 3. The summed E-state index contributed by atoms with van der Waals surface area (Å²) < 4.78 is 2.42. The second-order valence-corrected chi connectivity index (χ2v) is 6.93. The highest BCUT2D eigenvalue weighted by Crippen LogP contribution is 2.17. The van der Waals surface area contributed by atoms with Crippen molar-refractivity contribution in [2.75, 3.05) is 39.8 Å². The molecule has 24 heavy (non-hydrogen) atoms. The van der Waals surface area contributed by atoms with Gasteiger partial charge in [-0.2, -0.15) is 0 Å². The van der Waals surface area contributed by atoms with Crippen molar-refractivity contribution in [3.8, 4) is 0 Å². The van der Waals surface area contributed by atoms with E-state index in [0.717, 1.165) is 51.5 Å². The minimum absolute atomic E-state index is 0.904. The lowest BCUT2D eigenvalue weighted by atomic mass is 10.2. The van der Waals surface area contributed by atoms with Crippen LogP contribution in [0, 0.1) is 0 Å². The number of imidazole rings is 1. The molecule has 0 bridgehead atoms. The number of nitrogens with zero attached hydrogens (tertiary/aromatic N) is 6. The van der Waals surface area contributed by atoms with E-state index in [9.17, 15) is 0 Å². The zero-order chi connectivity index (χ0) is 16.4. The highest BCUT2D eigenvalue weighted by Gasteiger charge is 2.22. The highest BCUT2D eigenvalue weighted by molar-refractivity contribution is 5.09. The van der Waals surface area contributed by atoms with Crippen LogP contribution < -0.4 is 0 Å². The molecule has 2 aromatic heterocycles. The minimum Gasteiger partial charge on any atom is -0.328 e. The van der Waals surface area contributed by atoms with Crippen molar-refractivity contribution in [3.63, 3.8) is 0 Å². The van der Waals surface area contributed by atoms with Gasteiger partial charge in [0.25, 0.3) is 0 Å². The number of piperazine rings is 1. The molecule has 0 aromatic carbocycles. The highest BCUT2D eigenvalue weighted by atomic mass is 15.3. The predicted molar refractivity (Wildman–Crippen MR) is 93.4 cm³/mol. The van der Waals surface area contributed by atoms with Gasteiger partial charge in [0.05, 0.1) is 17.9 Å². The molecule has 2 aliphatic heterocycles. The first kappa shape index (κ1) is 15.7. The van der Waals surface area contributed by atoms with Crippen LogP contribution in [-0.4, -0.2) is 69.0 Å². The van der Waals surface area contributed by atoms with Gasteiger partial charge in [-0.3, -0.25) is 14.8 Å². The number of hydrogen-bond donors (Lipinski definition) is 0. The Morgan fingerprint density at radius 3 is 2.54 bits per heavy atom. The largest absolute Gasteiger partial charge is 0.328 e. The van der Waals surface area contributed by atoms with E-state index in [2.05, 4.69) is 49.6 Å². The summed E-state index contributed by atoms with van der Waals surface area (Å²) in [5.74, 6) is 1.20. The van der Waals surface area contributed by atoms with E-state index in [0.29, 0.717) is 0 Å². The topological polar surface area (TPSA) is 40.4 Å². The van der Waals surface area contributed by atoms with E-state index in [-0.39, 0.29) is 0 Å². The lowest BCUT2D eigenvalue weighted by Crippen LogP contribution is -2.44. The summed E-state index contributed by atoms with van der Waals surface area (Å²) in [5, 5.41) is 0. The molecule has 0 unspecified atom stereocenters. The minimum atomic E-state index is 0.904. The molecule has 4 rings (SSSR count). The van der Waals surface area contributed by atoms with Crippen molar-refractivity contribution in [1.29, 1.82) is 0 Å². The van der Waals surface area contributed by atoms with Crippen LogP contribution in [0.3, 0.4) is 0 Å². The van der Waals surface area contributed by atoms with Gasteiger partial charge < -0.3 is 9.47 Å². The van der Waals surface area contributed by atoms with Crippen molar-refractivity contribution in [2.24, 2.45) is 0 Å². The predicted octanol–water partition coefficient (Wildman–Crippen LogP) is 1.04. The fourth-order valence-electron chi connectivity index (χ4n) is 3.59. The average Bonchev–Trinajstić information content (AvgIpc) is 3.00. The summed E-state index contributed by atoms with van der Waals surface area (Å²) >= 11 is 0. The summed E-state index contributed by atoms with van der Waals surface area (Å²) in [6.45, 7) is 9.59. The summed E-state index contributed by atoms with van der Waals surface area (Å²) in [6, 6.07) is 6.12. The van der Waals surface area contributed by atoms with Gasteiger partial charge in [0.2, 0.25) is 0 Å². The molecule has 0 spiro atoms. The lowest BCUT2D eigenvalue weighted by molar-refractivity contribution is 0.143. The van der Waals surface area contributed by atoms with E-state index in [4.69, 9.17) is 4.98 Å². The van der Waals surface area contributed by atoms with Gasteiger partial charge >= 0.3 is 0 Å². The number of rotatable bonds is 4. The first-order valence-corrected chi connectivity index (χ1v) is 8.84. The van der Waals surface area contributed by atoms with Crippen molar-refractivity contribution in [2.45, 2.75) is 26.2 Å². The van der Waals surface area contributed by atoms with E-state index < -0.39 is 0 Å². The number of fused-ring (bicyclic) bond motifs is 1. The van der Waals surface area contributed by atoms with Gasteiger partial charge in [-0.1, -0.05) is 6.07 Å². The Bertz CT molecular complexity index is 659. The maximum absolute atomic E-state index is 4.69. The summed E-state index contributed by atoms with van der Waals surface area (Å²) in [6.07, 6.45) is 3.95. The molecule has 6 nitrogen and oxygen atoms in total. The van der Waals surface area contributed by atoms with Gasteiger partial charge in [-0.15, -0.1) is 0 Å². The second-order valence-electron chi connectivity index (χ2n) is 6.93. The number of hydrogen-bond acceptors (Lipinski definition) is 5. The standard InChI is InChI=1S/C18H26N6/c1-21-6-8-22(9-7-21)14-17-12-20-18-15-23(10-11-24(17)18)13-16-4-2-3-5-19-16/h2-5,12H,6-11,13-15H2,1H3.